The van der Waals surface area contributed by atoms with Crippen LogP contribution in [-0.2, 0) is 0 Å². The third-order valence-corrected chi connectivity index (χ3v) is 5.06. The number of hydrogen-bond donors (Lipinski definition) is 0. The smallest absolute Gasteiger partial charge is 0.135 e. The minimum Gasteiger partial charge on any atom is -0.456 e. The molecule has 0 radical (unpaired) electrons. The van der Waals surface area contributed by atoms with Gasteiger partial charge in [0.2, 0.25) is 0 Å². The highest BCUT2D eigenvalue weighted by Crippen LogP contribution is 2.34. The van der Waals surface area contributed by atoms with Crippen LogP contribution in [0, 0.1) is 11.3 Å². The Balaban J connectivity index is 1.59. The zero-order valence-corrected chi connectivity index (χ0v) is 14.6. The number of hydrogen-bond acceptors (Lipinski definition) is 3. The second-order valence-electron chi connectivity index (χ2n) is 6.75. The van der Waals surface area contributed by atoms with Gasteiger partial charge in [-0.15, -0.1) is 0 Å². The molecule has 128 valence electrons. The van der Waals surface area contributed by atoms with Crippen molar-refractivity contribution < 1.29 is 4.42 Å². The first kappa shape index (κ1) is 15.6. The van der Waals surface area contributed by atoms with Crippen LogP contribution in [0.3, 0.4) is 0 Å². The fraction of sp³-hybridized carbons (Fsp3) is 0.0833. The Hall–Kier alpha value is -3.64. The average molecular weight is 348 g/mol. The van der Waals surface area contributed by atoms with Crippen molar-refractivity contribution in [1.29, 1.82) is 5.26 Å². The van der Waals surface area contributed by atoms with Gasteiger partial charge >= 0.3 is 0 Å². The van der Waals surface area contributed by atoms with Gasteiger partial charge < -0.3 is 4.42 Å². The highest BCUT2D eigenvalue weighted by molar-refractivity contribution is 6.06. The van der Waals surface area contributed by atoms with E-state index in [2.05, 4.69) is 41.4 Å². The molecule has 0 spiro atoms. The van der Waals surface area contributed by atoms with Crippen LogP contribution >= 0.6 is 0 Å². The van der Waals surface area contributed by atoms with Gasteiger partial charge in [-0.3, -0.25) is 4.98 Å². The Bertz CT molecular complexity index is 1280. The first-order valence-electron chi connectivity index (χ1n) is 9.00. The average Bonchev–Trinajstić information content (AvgIpc) is 3.12. The van der Waals surface area contributed by atoms with Crippen LogP contribution in [0.2, 0.25) is 0 Å². The molecule has 0 aliphatic heterocycles. The van der Waals surface area contributed by atoms with Crippen LogP contribution in [0.4, 0.5) is 0 Å². The molecule has 4 aromatic rings. The second kappa shape index (κ2) is 6.26. The summed E-state index contributed by atoms with van der Waals surface area (Å²) in [6, 6.07) is 18.6. The van der Waals surface area contributed by atoms with Crippen LogP contribution in [0.5, 0.6) is 0 Å². The van der Waals surface area contributed by atoms with Gasteiger partial charge in [0, 0.05) is 23.2 Å². The third kappa shape index (κ3) is 2.72. The van der Waals surface area contributed by atoms with Crippen molar-refractivity contribution in [2.75, 3.05) is 0 Å². The summed E-state index contributed by atoms with van der Waals surface area (Å²) in [7, 11) is 0. The van der Waals surface area contributed by atoms with E-state index in [1.54, 1.807) is 6.20 Å². The first-order chi connectivity index (χ1) is 13.3. The Labute approximate surface area is 156 Å². The molecule has 1 aliphatic carbocycles. The maximum absolute atomic E-state index is 9.13. The van der Waals surface area contributed by atoms with Gasteiger partial charge in [0.1, 0.15) is 17.2 Å². The summed E-state index contributed by atoms with van der Waals surface area (Å²) in [6.45, 7) is 0. The minimum atomic E-state index is 0.593. The van der Waals surface area contributed by atoms with E-state index < -0.39 is 0 Å². The monoisotopic (exact) mass is 348 g/mol. The molecule has 1 aliphatic rings. The van der Waals surface area contributed by atoms with Crippen molar-refractivity contribution in [3.05, 3.63) is 89.8 Å². The Kier molecular flexibility index (Phi) is 3.62. The summed E-state index contributed by atoms with van der Waals surface area (Å²) in [5.74, 6) is 0. The highest BCUT2D eigenvalue weighted by atomic mass is 16.3. The number of allylic oxidation sites excluding steroid dienone is 4. The second-order valence-corrected chi connectivity index (χ2v) is 6.75. The predicted molar refractivity (Wildman–Crippen MR) is 108 cm³/mol. The number of benzene rings is 2. The molecule has 3 heteroatoms. The summed E-state index contributed by atoms with van der Waals surface area (Å²) in [6.07, 6.45) is 9.85. The van der Waals surface area contributed by atoms with Gasteiger partial charge in [0.25, 0.3) is 0 Å². The first-order valence-corrected chi connectivity index (χ1v) is 9.00. The molecule has 27 heavy (non-hydrogen) atoms. The van der Waals surface area contributed by atoms with Crippen LogP contribution < -0.4 is 0 Å². The number of aromatic nitrogens is 1. The Morgan fingerprint density at radius 1 is 0.926 bits per heavy atom. The summed E-state index contributed by atoms with van der Waals surface area (Å²) in [5, 5.41) is 11.4. The fourth-order valence-electron chi connectivity index (χ4n) is 3.71. The van der Waals surface area contributed by atoms with Crippen LogP contribution in [0.15, 0.2) is 77.5 Å². The van der Waals surface area contributed by atoms with E-state index in [4.69, 9.17) is 9.68 Å². The van der Waals surface area contributed by atoms with Gasteiger partial charge in [0.15, 0.2) is 0 Å². The molecular formula is C24H16N2O. The molecule has 3 nitrogen and oxygen atoms in total. The number of nitriles is 1. The summed E-state index contributed by atoms with van der Waals surface area (Å²) >= 11 is 0. The fourth-order valence-corrected chi connectivity index (χ4v) is 3.71. The van der Waals surface area contributed by atoms with Crippen molar-refractivity contribution >= 4 is 33.1 Å². The lowest BCUT2D eigenvalue weighted by Gasteiger charge is -2.14. The quantitative estimate of drug-likeness (QED) is 0.439. The normalized spacial score (nSPS) is 14.0. The van der Waals surface area contributed by atoms with E-state index in [1.165, 1.54) is 16.7 Å². The molecule has 0 unspecified atom stereocenters. The lowest BCUT2D eigenvalue weighted by molar-refractivity contribution is 0.669. The molecule has 0 saturated carbocycles. The summed E-state index contributed by atoms with van der Waals surface area (Å²) in [4.78, 5) is 4.20. The molecule has 2 heterocycles. The molecule has 5 rings (SSSR count). The lowest BCUT2D eigenvalue weighted by Crippen LogP contribution is -1.94. The summed E-state index contributed by atoms with van der Waals surface area (Å²) < 4.78 is 5.94. The molecule has 2 aromatic carbocycles. The Morgan fingerprint density at radius 2 is 1.81 bits per heavy atom. The maximum Gasteiger partial charge on any atom is 0.135 e. The van der Waals surface area contributed by atoms with Gasteiger partial charge in [-0.05, 0) is 59.4 Å². The van der Waals surface area contributed by atoms with E-state index in [1.807, 2.05) is 36.5 Å². The molecule has 2 aromatic heterocycles. The molecule has 0 bridgehead atoms. The van der Waals surface area contributed by atoms with Gasteiger partial charge in [-0.25, -0.2) is 0 Å². The van der Waals surface area contributed by atoms with Gasteiger partial charge in [-0.1, -0.05) is 36.4 Å². The number of para-hydroxylation sites is 1. The standard InChI is InChI=1S/C24H16N2O/c25-13-16-10-20(15-26-14-16)18-5-3-4-17(11-18)19-8-9-24-22(12-19)21-6-1-2-7-23(21)27-24/h1-2,4,6-12,14-15H,3,5H2. The largest absolute Gasteiger partial charge is 0.456 e. The lowest BCUT2D eigenvalue weighted by atomic mass is 9.90. The minimum absolute atomic E-state index is 0.593. The SMILES string of the molecule is N#Cc1cncc(C2=CC(c3ccc4oc5ccccc5c4c3)=CCC2)c1. The maximum atomic E-state index is 9.13. The zero-order valence-electron chi connectivity index (χ0n) is 14.6. The van der Waals surface area contributed by atoms with E-state index in [9.17, 15) is 0 Å². The van der Waals surface area contributed by atoms with Gasteiger partial charge in [0.05, 0.1) is 5.56 Å². The van der Waals surface area contributed by atoms with Crippen LogP contribution in [-0.4, -0.2) is 4.98 Å². The molecular weight excluding hydrogens is 332 g/mol. The van der Waals surface area contributed by atoms with E-state index >= 15 is 0 Å². The number of pyridine rings is 1. The van der Waals surface area contributed by atoms with Crippen LogP contribution in [0.1, 0.15) is 29.5 Å². The van der Waals surface area contributed by atoms with E-state index in [0.29, 0.717) is 5.56 Å². The highest BCUT2D eigenvalue weighted by Gasteiger charge is 2.13. The molecule has 0 saturated heterocycles. The zero-order chi connectivity index (χ0) is 18.2. The molecule has 0 amide bonds. The van der Waals surface area contributed by atoms with Crippen molar-refractivity contribution in [1.82, 2.24) is 4.98 Å². The Morgan fingerprint density at radius 3 is 2.74 bits per heavy atom. The number of nitrogens with zero attached hydrogens (tertiary/aromatic N) is 2. The molecule has 0 N–H and O–H groups in total. The van der Waals surface area contributed by atoms with Crippen molar-refractivity contribution in [2.24, 2.45) is 0 Å². The van der Waals surface area contributed by atoms with Crippen molar-refractivity contribution in [3.63, 3.8) is 0 Å². The molecule has 0 atom stereocenters. The topological polar surface area (TPSA) is 49.8 Å². The number of fused-ring (bicyclic) bond motifs is 3. The van der Waals surface area contributed by atoms with E-state index in [-0.39, 0.29) is 0 Å². The van der Waals surface area contributed by atoms with Crippen LogP contribution in [0.25, 0.3) is 33.1 Å². The van der Waals surface area contributed by atoms with Crippen molar-refractivity contribution in [3.8, 4) is 6.07 Å². The summed E-state index contributed by atoms with van der Waals surface area (Å²) in [5.41, 5.74) is 7.03. The number of furan rings is 1. The van der Waals surface area contributed by atoms with Crippen molar-refractivity contribution in [2.45, 2.75) is 12.8 Å². The van der Waals surface area contributed by atoms with E-state index in [0.717, 1.165) is 40.3 Å². The molecule has 0 fully saturated rings. The third-order valence-electron chi connectivity index (χ3n) is 5.06. The predicted octanol–water partition coefficient (Wildman–Crippen LogP) is 6.11. The number of rotatable bonds is 2. The van der Waals surface area contributed by atoms with Gasteiger partial charge in [-0.2, -0.15) is 5.26 Å².